The van der Waals surface area contributed by atoms with Gasteiger partial charge in [0.25, 0.3) is 0 Å². The highest BCUT2D eigenvalue weighted by Crippen LogP contribution is 2.37. The molecular weight excluding hydrogens is 342 g/mol. The summed E-state index contributed by atoms with van der Waals surface area (Å²) in [6.45, 7) is 0.542. The fourth-order valence-electron chi connectivity index (χ4n) is 1.82. The van der Waals surface area contributed by atoms with Crippen molar-refractivity contribution in [1.29, 1.82) is 0 Å². The maximum Gasteiger partial charge on any atom is 0.149 e. The Kier molecular flexibility index (Phi) is 5.29. The first kappa shape index (κ1) is 15.2. The third kappa shape index (κ3) is 3.45. The van der Waals surface area contributed by atoms with E-state index < -0.39 is 0 Å². The lowest BCUT2D eigenvalue weighted by atomic mass is 10.1. The Bertz CT molecular complexity index is 604. The van der Waals surface area contributed by atoms with Crippen molar-refractivity contribution >= 4 is 27.5 Å². The molecule has 0 saturated carbocycles. The van der Waals surface area contributed by atoms with Gasteiger partial charge in [0.2, 0.25) is 0 Å². The molecule has 0 aliphatic carbocycles. The minimum atomic E-state index is 0.542. The second-order valence-electron chi connectivity index (χ2n) is 4.17. The van der Waals surface area contributed by atoms with Gasteiger partial charge < -0.3 is 15.2 Å². The first-order chi connectivity index (χ1) is 9.65. The van der Waals surface area contributed by atoms with Crippen LogP contribution in [0.5, 0.6) is 17.2 Å². The lowest BCUT2D eigenvalue weighted by molar-refractivity contribution is 0.412. The van der Waals surface area contributed by atoms with Crippen molar-refractivity contribution < 1.29 is 9.47 Å². The molecule has 2 aromatic rings. The molecule has 3 nitrogen and oxygen atoms in total. The van der Waals surface area contributed by atoms with E-state index in [0.717, 1.165) is 15.8 Å². The predicted octanol–water partition coefficient (Wildman–Crippen LogP) is 4.40. The molecule has 2 aromatic carbocycles. The fourth-order valence-corrected chi connectivity index (χ4v) is 2.49. The monoisotopic (exact) mass is 355 g/mol. The van der Waals surface area contributed by atoms with Gasteiger partial charge in [0.15, 0.2) is 0 Å². The molecule has 0 spiro atoms. The van der Waals surface area contributed by atoms with Crippen molar-refractivity contribution in [3.63, 3.8) is 0 Å². The highest BCUT2D eigenvalue weighted by molar-refractivity contribution is 9.10. The molecule has 0 aliphatic heterocycles. The molecule has 0 bridgehead atoms. The topological polar surface area (TPSA) is 44.5 Å². The Balaban J connectivity index is 2.34. The summed E-state index contributed by atoms with van der Waals surface area (Å²) < 4.78 is 11.9. The Hall–Kier alpha value is -1.23. The Morgan fingerprint density at radius 2 is 2.05 bits per heavy atom. The molecule has 0 amide bonds. The highest BCUT2D eigenvalue weighted by Gasteiger charge is 2.11. The molecule has 0 aromatic heterocycles. The molecule has 0 heterocycles. The molecular formula is C15H15BrClNO2. The number of benzene rings is 2. The minimum absolute atomic E-state index is 0.542. The normalized spacial score (nSPS) is 10.4. The van der Waals surface area contributed by atoms with Crippen molar-refractivity contribution in [2.24, 2.45) is 5.73 Å². The van der Waals surface area contributed by atoms with E-state index in [4.69, 9.17) is 26.8 Å². The number of nitrogens with two attached hydrogens (primary N) is 1. The van der Waals surface area contributed by atoms with Crippen LogP contribution in [0.15, 0.2) is 40.9 Å². The molecule has 0 aliphatic rings. The van der Waals surface area contributed by atoms with Gasteiger partial charge in [-0.2, -0.15) is 0 Å². The summed E-state index contributed by atoms with van der Waals surface area (Å²) in [5.74, 6) is 2.08. The largest absolute Gasteiger partial charge is 0.497 e. The summed E-state index contributed by atoms with van der Waals surface area (Å²) in [5, 5.41) is 0.568. The summed E-state index contributed by atoms with van der Waals surface area (Å²) >= 11 is 9.68. The maximum atomic E-state index is 6.22. The van der Waals surface area contributed by atoms with Gasteiger partial charge in [-0.3, -0.25) is 0 Å². The van der Waals surface area contributed by atoms with E-state index in [-0.39, 0.29) is 0 Å². The smallest absolute Gasteiger partial charge is 0.149 e. The van der Waals surface area contributed by atoms with Crippen LogP contribution in [-0.2, 0) is 6.42 Å². The molecule has 0 atom stereocenters. The van der Waals surface area contributed by atoms with Gasteiger partial charge in [-0.05, 0) is 58.7 Å². The van der Waals surface area contributed by atoms with Crippen LogP contribution in [0.4, 0.5) is 0 Å². The van der Waals surface area contributed by atoms with Crippen LogP contribution in [0.2, 0.25) is 5.02 Å². The molecule has 2 N–H and O–H groups in total. The van der Waals surface area contributed by atoms with Gasteiger partial charge in [0, 0.05) is 0 Å². The molecule has 0 fully saturated rings. The number of ether oxygens (including phenoxy) is 2. The molecule has 106 valence electrons. The number of hydrogen-bond acceptors (Lipinski definition) is 3. The predicted molar refractivity (Wildman–Crippen MR) is 85.0 cm³/mol. The average Bonchev–Trinajstić information content (AvgIpc) is 2.44. The van der Waals surface area contributed by atoms with E-state index >= 15 is 0 Å². The number of rotatable bonds is 5. The van der Waals surface area contributed by atoms with Gasteiger partial charge in [-0.15, -0.1) is 0 Å². The average molecular weight is 357 g/mol. The van der Waals surface area contributed by atoms with Crippen molar-refractivity contribution in [2.45, 2.75) is 6.42 Å². The van der Waals surface area contributed by atoms with Crippen LogP contribution in [0.25, 0.3) is 0 Å². The van der Waals surface area contributed by atoms with Crippen molar-refractivity contribution in [1.82, 2.24) is 0 Å². The van der Waals surface area contributed by atoms with Crippen molar-refractivity contribution in [2.75, 3.05) is 13.7 Å². The summed E-state index contributed by atoms with van der Waals surface area (Å²) in [5.41, 5.74) is 6.60. The van der Waals surface area contributed by atoms with Gasteiger partial charge in [0.05, 0.1) is 16.6 Å². The van der Waals surface area contributed by atoms with E-state index in [2.05, 4.69) is 15.9 Å². The van der Waals surface area contributed by atoms with Crippen LogP contribution in [0.1, 0.15) is 5.56 Å². The lowest BCUT2D eigenvalue weighted by Gasteiger charge is -2.14. The van der Waals surface area contributed by atoms with Gasteiger partial charge in [-0.1, -0.05) is 23.7 Å². The summed E-state index contributed by atoms with van der Waals surface area (Å²) in [7, 11) is 1.62. The van der Waals surface area contributed by atoms with Crippen LogP contribution in [-0.4, -0.2) is 13.7 Å². The second kappa shape index (κ2) is 6.97. The molecule has 0 unspecified atom stereocenters. The third-order valence-electron chi connectivity index (χ3n) is 2.81. The minimum Gasteiger partial charge on any atom is -0.497 e. The Labute approximate surface area is 131 Å². The zero-order chi connectivity index (χ0) is 14.5. The van der Waals surface area contributed by atoms with Gasteiger partial charge in [-0.25, -0.2) is 0 Å². The summed E-state index contributed by atoms with van der Waals surface area (Å²) in [6.07, 6.45) is 0.712. The Morgan fingerprint density at radius 1 is 1.25 bits per heavy atom. The SMILES string of the molecule is COc1ccc(Oc2c(Cl)cccc2CCN)c(Br)c1. The van der Waals surface area contributed by atoms with E-state index in [9.17, 15) is 0 Å². The number of methoxy groups -OCH3 is 1. The van der Waals surface area contributed by atoms with Crippen molar-refractivity contribution in [3.8, 4) is 17.2 Å². The summed E-state index contributed by atoms with van der Waals surface area (Å²) in [6, 6.07) is 11.2. The summed E-state index contributed by atoms with van der Waals surface area (Å²) in [4.78, 5) is 0. The highest BCUT2D eigenvalue weighted by atomic mass is 79.9. The van der Waals surface area contributed by atoms with Crippen LogP contribution < -0.4 is 15.2 Å². The number of hydrogen-bond donors (Lipinski definition) is 1. The zero-order valence-electron chi connectivity index (χ0n) is 11.0. The van der Waals surface area contributed by atoms with Gasteiger partial charge >= 0.3 is 0 Å². The standard InChI is InChI=1S/C15H15BrClNO2/c1-19-11-5-6-14(12(16)9-11)20-15-10(7-8-18)3-2-4-13(15)17/h2-6,9H,7-8,18H2,1H3. The quantitative estimate of drug-likeness (QED) is 0.863. The van der Waals surface area contributed by atoms with Crippen LogP contribution in [0.3, 0.4) is 0 Å². The number of halogens is 2. The Morgan fingerprint density at radius 3 is 2.70 bits per heavy atom. The van der Waals surface area contributed by atoms with Crippen LogP contribution in [0, 0.1) is 0 Å². The molecule has 20 heavy (non-hydrogen) atoms. The molecule has 5 heteroatoms. The second-order valence-corrected chi connectivity index (χ2v) is 5.43. The van der Waals surface area contributed by atoms with Gasteiger partial charge in [0.1, 0.15) is 17.2 Å². The first-order valence-electron chi connectivity index (χ1n) is 6.14. The molecule has 2 rings (SSSR count). The number of para-hydroxylation sites is 1. The lowest BCUT2D eigenvalue weighted by Crippen LogP contribution is -2.04. The third-order valence-corrected chi connectivity index (χ3v) is 3.73. The zero-order valence-corrected chi connectivity index (χ0v) is 13.4. The van der Waals surface area contributed by atoms with E-state index in [1.54, 1.807) is 13.2 Å². The first-order valence-corrected chi connectivity index (χ1v) is 7.31. The van der Waals surface area contributed by atoms with E-state index in [0.29, 0.717) is 29.5 Å². The fraction of sp³-hybridized carbons (Fsp3) is 0.200. The maximum absolute atomic E-state index is 6.22. The van der Waals surface area contributed by atoms with E-state index in [1.807, 2.05) is 30.3 Å². The molecule has 0 radical (unpaired) electrons. The van der Waals surface area contributed by atoms with Crippen molar-refractivity contribution in [3.05, 3.63) is 51.5 Å². The van der Waals surface area contributed by atoms with E-state index in [1.165, 1.54) is 0 Å². The van der Waals surface area contributed by atoms with Crippen LogP contribution >= 0.6 is 27.5 Å². The molecule has 0 saturated heterocycles.